The van der Waals surface area contributed by atoms with Crippen molar-refractivity contribution < 1.29 is 19.4 Å². The largest absolute Gasteiger partial charge is 0.504 e. The maximum Gasteiger partial charge on any atom is 0.334 e. The molecule has 2 saturated heterocycles. The van der Waals surface area contributed by atoms with E-state index in [-0.39, 0.29) is 23.8 Å². The van der Waals surface area contributed by atoms with E-state index >= 15 is 0 Å². The molecule has 1 aromatic carbocycles. The number of piperidine rings is 1. The van der Waals surface area contributed by atoms with Crippen molar-refractivity contribution in [3.8, 4) is 0 Å². The first kappa shape index (κ1) is 18.0. The average Bonchev–Trinajstić information content (AvgIpc) is 3.18. The molecule has 0 aromatic heterocycles. The summed E-state index contributed by atoms with van der Waals surface area (Å²) >= 11 is 0. The smallest absolute Gasteiger partial charge is 0.334 e. The van der Waals surface area contributed by atoms with Gasteiger partial charge in [-0.15, -0.1) is 0 Å². The van der Waals surface area contributed by atoms with Crippen LogP contribution in [0.1, 0.15) is 31.7 Å². The van der Waals surface area contributed by atoms with E-state index in [4.69, 9.17) is 4.74 Å². The number of hydrogen-bond donors (Lipinski definition) is 2. The minimum atomic E-state index is -0.933. The predicted molar refractivity (Wildman–Crippen MR) is 101 cm³/mol. The van der Waals surface area contributed by atoms with Gasteiger partial charge in [0.1, 0.15) is 0 Å². The number of rotatable bonds is 4. The van der Waals surface area contributed by atoms with Crippen molar-refractivity contribution in [2.75, 3.05) is 25.5 Å². The van der Waals surface area contributed by atoms with Gasteiger partial charge in [-0.1, -0.05) is 31.5 Å². The molecule has 3 aliphatic heterocycles. The SMILES string of the molecule is CC[C@H]1CN2CC[C@]3(C(=O)Nc4ccccc43)[C@@H]2C[C@@H]1/C(=C/OC)C(=O)O. The molecule has 3 heterocycles. The van der Waals surface area contributed by atoms with Gasteiger partial charge in [-0.3, -0.25) is 9.69 Å². The number of aliphatic carboxylic acids is 1. The Hall–Kier alpha value is -2.34. The van der Waals surface area contributed by atoms with E-state index in [9.17, 15) is 14.7 Å². The second kappa shape index (κ2) is 6.68. The summed E-state index contributed by atoms with van der Waals surface area (Å²) in [5, 5.41) is 12.8. The lowest BCUT2D eigenvalue weighted by molar-refractivity contribution is -0.134. The van der Waals surface area contributed by atoms with Gasteiger partial charge in [0.25, 0.3) is 0 Å². The monoisotopic (exact) mass is 370 g/mol. The third kappa shape index (κ3) is 2.57. The minimum Gasteiger partial charge on any atom is -0.504 e. The molecule has 1 amide bonds. The molecule has 4 rings (SSSR count). The van der Waals surface area contributed by atoms with Crippen molar-refractivity contribution in [3.05, 3.63) is 41.7 Å². The second-order valence-electron chi connectivity index (χ2n) is 7.86. The highest BCUT2D eigenvalue weighted by molar-refractivity contribution is 6.07. The molecule has 2 N–H and O–H groups in total. The average molecular weight is 370 g/mol. The van der Waals surface area contributed by atoms with Gasteiger partial charge >= 0.3 is 5.97 Å². The molecule has 6 nitrogen and oxygen atoms in total. The van der Waals surface area contributed by atoms with Crippen molar-refractivity contribution in [3.63, 3.8) is 0 Å². The van der Waals surface area contributed by atoms with E-state index in [1.807, 2.05) is 24.3 Å². The van der Waals surface area contributed by atoms with Crippen LogP contribution in [0.5, 0.6) is 0 Å². The Kier molecular flexibility index (Phi) is 4.46. The van der Waals surface area contributed by atoms with Gasteiger partial charge < -0.3 is 15.2 Å². The normalized spacial score (nSPS) is 32.9. The Morgan fingerprint density at radius 1 is 1.44 bits per heavy atom. The molecule has 6 heteroatoms. The summed E-state index contributed by atoms with van der Waals surface area (Å²) in [5.41, 5.74) is 1.69. The summed E-state index contributed by atoms with van der Waals surface area (Å²) in [6.45, 7) is 3.79. The first-order valence-corrected chi connectivity index (χ1v) is 9.64. The van der Waals surface area contributed by atoms with Crippen LogP contribution < -0.4 is 5.32 Å². The molecule has 1 aromatic rings. The number of hydrogen-bond acceptors (Lipinski definition) is 4. The topological polar surface area (TPSA) is 78.9 Å². The fourth-order valence-corrected chi connectivity index (χ4v) is 5.52. The third-order valence-electron chi connectivity index (χ3n) is 6.79. The van der Waals surface area contributed by atoms with Gasteiger partial charge in [-0.05, 0) is 42.9 Å². The molecule has 0 aliphatic carbocycles. The molecule has 0 unspecified atom stereocenters. The molecular formula is C21H26N2O4. The van der Waals surface area contributed by atoms with Crippen molar-refractivity contribution in [2.24, 2.45) is 11.8 Å². The van der Waals surface area contributed by atoms with Gasteiger partial charge in [-0.2, -0.15) is 0 Å². The van der Waals surface area contributed by atoms with E-state index in [2.05, 4.69) is 17.1 Å². The summed E-state index contributed by atoms with van der Waals surface area (Å²) in [4.78, 5) is 27.4. The van der Waals surface area contributed by atoms with Gasteiger partial charge in [0.2, 0.25) is 5.91 Å². The van der Waals surface area contributed by atoms with Crippen LogP contribution in [0.15, 0.2) is 36.1 Å². The number of carbonyl (C=O) groups is 2. The van der Waals surface area contributed by atoms with E-state index in [1.165, 1.54) is 13.4 Å². The number of carboxylic acid groups (broad SMARTS) is 1. The van der Waals surface area contributed by atoms with Crippen molar-refractivity contribution >= 4 is 17.6 Å². The Morgan fingerprint density at radius 2 is 2.22 bits per heavy atom. The molecule has 0 radical (unpaired) electrons. The lowest BCUT2D eigenvalue weighted by atomic mass is 9.67. The fraction of sp³-hybridized carbons (Fsp3) is 0.524. The Balaban J connectivity index is 1.75. The molecule has 0 bridgehead atoms. The van der Waals surface area contributed by atoms with Crippen LogP contribution in [0.25, 0.3) is 0 Å². The summed E-state index contributed by atoms with van der Waals surface area (Å²) in [7, 11) is 1.48. The van der Waals surface area contributed by atoms with Crippen LogP contribution in [0, 0.1) is 11.8 Å². The summed E-state index contributed by atoms with van der Waals surface area (Å²) in [6.07, 6.45) is 3.70. The maximum atomic E-state index is 13.1. The van der Waals surface area contributed by atoms with Crippen molar-refractivity contribution in [1.29, 1.82) is 0 Å². The predicted octanol–water partition coefficient (Wildman–Crippen LogP) is 2.61. The van der Waals surface area contributed by atoms with Crippen LogP contribution in [0.4, 0.5) is 5.69 Å². The van der Waals surface area contributed by atoms with Crippen LogP contribution in [-0.2, 0) is 19.7 Å². The second-order valence-corrected chi connectivity index (χ2v) is 7.86. The molecule has 2 fully saturated rings. The third-order valence-corrected chi connectivity index (χ3v) is 6.79. The Labute approximate surface area is 159 Å². The highest BCUT2D eigenvalue weighted by Gasteiger charge is 2.60. The zero-order valence-electron chi connectivity index (χ0n) is 15.8. The molecule has 0 saturated carbocycles. The number of amides is 1. The number of benzene rings is 1. The number of carboxylic acids is 1. The lowest BCUT2D eigenvalue weighted by Gasteiger charge is -2.44. The zero-order chi connectivity index (χ0) is 19.2. The first-order chi connectivity index (χ1) is 13.0. The van der Waals surface area contributed by atoms with Gasteiger partial charge in [0.15, 0.2) is 0 Å². The molecule has 144 valence electrons. The number of fused-ring (bicyclic) bond motifs is 4. The molecule has 27 heavy (non-hydrogen) atoms. The maximum absolute atomic E-state index is 13.1. The van der Waals surface area contributed by atoms with Crippen LogP contribution >= 0.6 is 0 Å². The molecular weight excluding hydrogens is 344 g/mol. The van der Waals surface area contributed by atoms with Gasteiger partial charge in [0, 0.05) is 18.3 Å². The number of para-hydroxylation sites is 1. The number of nitrogens with one attached hydrogen (secondary N) is 1. The highest BCUT2D eigenvalue weighted by atomic mass is 16.5. The first-order valence-electron chi connectivity index (χ1n) is 9.64. The van der Waals surface area contributed by atoms with E-state index in [0.717, 1.165) is 37.2 Å². The van der Waals surface area contributed by atoms with Gasteiger partial charge in [-0.25, -0.2) is 4.79 Å². The Bertz CT molecular complexity index is 805. The fourth-order valence-electron chi connectivity index (χ4n) is 5.52. The van der Waals surface area contributed by atoms with Crippen LogP contribution in [0.3, 0.4) is 0 Å². The molecule has 3 aliphatic rings. The lowest BCUT2D eigenvalue weighted by Crippen LogP contribution is -2.53. The van der Waals surface area contributed by atoms with E-state index < -0.39 is 11.4 Å². The van der Waals surface area contributed by atoms with E-state index in [1.54, 1.807) is 0 Å². The van der Waals surface area contributed by atoms with Crippen molar-refractivity contribution in [1.82, 2.24) is 4.90 Å². The molecule has 4 atom stereocenters. The van der Waals surface area contributed by atoms with Crippen LogP contribution in [0.2, 0.25) is 0 Å². The number of nitrogens with zero attached hydrogens (tertiary/aromatic N) is 1. The quantitative estimate of drug-likeness (QED) is 0.629. The molecule has 1 spiro atoms. The minimum absolute atomic E-state index is 0.00792. The van der Waals surface area contributed by atoms with Crippen molar-refractivity contribution in [2.45, 2.75) is 37.6 Å². The van der Waals surface area contributed by atoms with Crippen LogP contribution in [-0.4, -0.2) is 48.1 Å². The summed E-state index contributed by atoms with van der Waals surface area (Å²) in [6, 6.07) is 7.92. The Morgan fingerprint density at radius 3 is 2.93 bits per heavy atom. The number of carbonyl (C=O) groups excluding carboxylic acids is 1. The number of anilines is 1. The zero-order valence-corrected chi connectivity index (χ0v) is 15.8. The summed E-state index contributed by atoms with van der Waals surface area (Å²) in [5.74, 6) is -0.757. The standard InChI is InChI=1S/C21H26N2O4/c1-3-13-11-23-9-8-21(16-6-4-5-7-17(16)22-20(21)26)18(23)10-14(13)15(12-27-2)19(24)25/h4-7,12-14,18H,3,8-11H2,1-2H3,(H,22,26)(H,24,25)/b15-12-/t13-,14-,18-,21+/m0/s1. The number of ether oxygens (including phenoxy) is 1. The number of methoxy groups -OCH3 is 1. The van der Waals surface area contributed by atoms with Gasteiger partial charge in [0.05, 0.1) is 24.4 Å². The highest BCUT2D eigenvalue weighted by Crippen LogP contribution is 2.53. The van der Waals surface area contributed by atoms with E-state index in [0.29, 0.717) is 12.0 Å². The summed E-state index contributed by atoms with van der Waals surface area (Å²) < 4.78 is 5.08.